The summed E-state index contributed by atoms with van der Waals surface area (Å²) in [6, 6.07) is 0.554. The Morgan fingerprint density at radius 3 is 2.93 bits per heavy atom. The molecular weight excluding hydrogens is 176 g/mol. The van der Waals surface area contributed by atoms with Crippen LogP contribution in [0.1, 0.15) is 38.9 Å². The van der Waals surface area contributed by atoms with E-state index in [1.54, 1.807) is 11.0 Å². The molecule has 0 fully saturated rings. The van der Waals surface area contributed by atoms with Crippen LogP contribution in [0.15, 0.2) is 6.33 Å². The number of rotatable bonds is 6. The molecular formula is C10H20N4. The second-order valence-electron chi connectivity index (χ2n) is 3.76. The van der Waals surface area contributed by atoms with E-state index in [0.717, 1.165) is 12.4 Å². The minimum atomic E-state index is 0.554. The van der Waals surface area contributed by atoms with Gasteiger partial charge in [-0.15, -0.1) is 0 Å². The summed E-state index contributed by atoms with van der Waals surface area (Å²) in [6.45, 7) is 5.19. The zero-order chi connectivity index (χ0) is 10.4. The Morgan fingerprint density at radius 2 is 2.36 bits per heavy atom. The molecule has 1 N–H and O–H groups in total. The molecule has 0 spiro atoms. The molecule has 0 saturated heterocycles. The van der Waals surface area contributed by atoms with Crippen molar-refractivity contribution in [2.45, 2.75) is 45.7 Å². The van der Waals surface area contributed by atoms with Crippen LogP contribution in [0.3, 0.4) is 0 Å². The molecule has 0 bridgehead atoms. The van der Waals surface area contributed by atoms with Gasteiger partial charge in [-0.1, -0.05) is 19.8 Å². The van der Waals surface area contributed by atoms with E-state index in [-0.39, 0.29) is 0 Å². The van der Waals surface area contributed by atoms with Crippen molar-refractivity contribution in [2.24, 2.45) is 7.05 Å². The average molecular weight is 196 g/mol. The Bertz CT molecular complexity index is 256. The molecule has 1 heterocycles. The van der Waals surface area contributed by atoms with Crippen LogP contribution in [0.25, 0.3) is 0 Å². The molecule has 0 saturated carbocycles. The van der Waals surface area contributed by atoms with Gasteiger partial charge in [-0.25, -0.2) is 4.98 Å². The molecule has 4 heteroatoms. The maximum atomic E-state index is 4.21. The third-order valence-corrected chi connectivity index (χ3v) is 2.25. The Morgan fingerprint density at radius 1 is 1.57 bits per heavy atom. The van der Waals surface area contributed by atoms with Gasteiger partial charge in [-0.3, -0.25) is 4.68 Å². The Labute approximate surface area is 85.7 Å². The number of hydrogen-bond donors (Lipinski definition) is 1. The van der Waals surface area contributed by atoms with E-state index in [1.165, 1.54) is 19.3 Å². The summed E-state index contributed by atoms with van der Waals surface area (Å²) in [4.78, 5) is 4.16. The summed E-state index contributed by atoms with van der Waals surface area (Å²) < 4.78 is 1.73. The van der Waals surface area contributed by atoms with Crippen LogP contribution in [0.4, 0.5) is 0 Å². The van der Waals surface area contributed by atoms with Crippen LogP contribution in [-0.4, -0.2) is 20.8 Å². The van der Waals surface area contributed by atoms with Crippen molar-refractivity contribution in [1.82, 2.24) is 20.1 Å². The maximum Gasteiger partial charge on any atom is 0.164 e. The number of hydrogen-bond acceptors (Lipinski definition) is 3. The highest BCUT2D eigenvalue weighted by Crippen LogP contribution is 2.00. The fourth-order valence-electron chi connectivity index (χ4n) is 1.34. The summed E-state index contributed by atoms with van der Waals surface area (Å²) in [5.41, 5.74) is 0. The first-order valence-electron chi connectivity index (χ1n) is 5.30. The van der Waals surface area contributed by atoms with Crippen molar-refractivity contribution in [1.29, 1.82) is 0 Å². The van der Waals surface area contributed by atoms with Gasteiger partial charge in [0.15, 0.2) is 5.82 Å². The van der Waals surface area contributed by atoms with Gasteiger partial charge in [-0.2, -0.15) is 5.10 Å². The second kappa shape index (κ2) is 5.75. The van der Waals surface area contributed by atoms with E-state index in [2.05, 4.69) is 29.2 Å². The van der Waals surface area contributed by atoms with Crippen LogP contribution in [-0.2, 0) is 13.6 Å². The third kappa shape index (κ3) is 3.87. The van der Waals surface area contributed by atoms with Crippen LogP contribution >= 0.6 is 0 Å². The second-order valence-corrected chi connectivity index (χ2v) is 3.76. The Balaban J connectivity index is 2.20. The molecule has 0 radical (unpaired) electrons. The lowest BCUT2D eigenvalue weighted by molar-refractivity contribution is 0.486. The van der Waals surface area contributed by atoms with Crippen molar-refractivity contribution in [3.63, 3.8) is 0 Å². The molecule has 0 aliphatic rings. The lowest BCUT2D eigenvalue weighted by atomic mass is 10.1. The van der Waals surface area contributed by atoms with E-state index in [4.69, 9.17) is 0 Å². The summed E-state index contributed by atoms with van der Waals surface area (Å²) in [5.74, 6) is 0.871. The molecule has 0 aromatic carbocycles. The summed E-state index contributed by atoms with van der Waals surface area (Å²) in [7, 11) is 1.89. The molecule has 1 unspecified atom stereocenters. The van der Waals surface area contributed by atoms with Crippen molar-refractivity contribution in [3.05, 3.63) is 12.2 Å². The maximum absolute atomic E-state index is 4.21. The zero-order valence-corrected chi connectivity index (χ0v) is 9.32. The molecule has 0 amide bonds. The molecule has 14 heavy (non-hydrogen) atoms. The number of aromatic nitrogens is 3. The normalized spacial score (nSPS) is 13.1. The topological polar surface area (TPSA) is 42.7 Å². The van der Waals surface area contributed by atoms with E-state index in [9.17, 15) is 0 Å². The minimum Gasteiger partial charge on any atom is -0.307 e. The number of aryl methyl sites for hydroxylation is 1. The lowest BCUT2D eigenvalue weighted by Gasteiger charge is -2.11. The van der Waals surface area contributed by atoms with Gasteiger partial charge >= 0.3 is 0 Å². The molecule has 1 rings (SSSR count). The van der Waals surface area contributed by atoms with Crippen molar-refractivity contribution in [3.8, 4) is 0 Å². The van der Waals surface area contributed by atoms with E-state index < -0.39 is 0 Å². The summed E-state index contributed by atoms with van der Waals surface area (Å²) >= 11 is 0. The summed E-state index contributed by atoms with van der Waals surface area (Å²) in [5, 5.41) is 7.61. The predicted molar refractivity (Wildman–Crippen MR) is 56.8 cm³/mol. The fraction of sp³-hybridized carbons (Fsp3) is 0.800. The Kier molecular flexibility index (Phi) is 4.59. The van der Waals surface area contributed by atoms with Crippen LogP contribution in [0.2, 0.25) is 0 Å². The van der Waals surface area contributed by atoms with Crippen molar-refractivity contribution < 1.29 is 0 Å². The molecule has 4 nitrogen and oxygen atoms in total. The molecule has 0 aliphatic carbocycles. The van der Waals surface area contributed by atoms with Crippen LogP contribution in [0.5, 0.6) is 0 Å². The van der Waals surface area contributed by atoms with Crippen LogP contribution in [0, 0.1) is 0 Å². The smallest absolute Gasteiger partial charge is 0.164 e. The van der Waals surface area contributed by atoms with E-state index >= 15 is 0 Å². The Hall–Kier alpha value is -0.900. The first-order valence-corrected chi connectivity index (χ1v) is 5.30. The predicted octanol–water partition coefficient (Wildman–Crippen LogP) is 1.48. The van der Waals surface area contributed by atoms with E-state index in [0.29, 0.717) is 6.04 Å². The van der Waals surface area contributed by atoms with Gasteiger partial charge in [0.25, 0.3) is 0 Å². The number of nitrogens with one attached hydrogen (secondary N) is 1. The fourth-order valence-corrected chi connectivity index (χ4v) is 1.34. The standard InChI is InChI=1S/C10H20N4/c1-4-5-6-9(2)11-7-10-12-8-14(3)13-10/h8-9,11H,4-7H2,1-3H3. The van der Waals surface area contributed by atoms with Crippen molar-refractivity contribution >= 4 is 0 Å². The first kappa shape index (κ1) is 11.2. The van der Waals surface area contributed by atoms with Crippen molar-refractivity contribution in [2.75, 3.05) is 0 Å². The molecule has 0 aliphatic heterocycles. The zero-order valence-electron chi connectivity index (χ0n) is 9.32. The molecule has 1 atom stereocenters. The van der Waals surface area contributed by atoms with Gasteiger partial charge in [-0.05, 0) is 13.3 Å². The van der Waals surface area contributed by atoms with Gasteiger partial charge in [0.2, 0.25) is 0 Å². The largest absolute Gasteiger partial charge is 0.307 e. The van der Waals surface area contributed by atoms with Gasteiger partial charge < -0.3 is 5.32 Å². The molecule has 1 aromatic rings. The quantitative estimate of drug-likeness (QED) is 0.749. The first-order chi connectivity index (χ1) is 6.72. The van der Waals surface area contributed by atoms with Gasteiger partial charge in [0.05, 0.1) is 6.54 Å². The van der Waals surface area contributed by atoms with Gasteiger partial charge in [0.1, 0.15) is 6.33 Å². The molecule has 1 aromatic heterocycles. The number of nitrogens with zero attached hydrogens (tertiary/aromatic N) is 3. The molecule has 80 valence electrons. The highest BCUT2D eigenvalue weighted by atomic mass is 15.3. The number of unbranched alkanes of at least 4 members (excludes halogenated alkanes) is 1. The highest BCUT2D eigenvalue weighted by molar-refractivity contribution is 4.80. The highest BCUT2D eigenvalue weighted by Gasteiger charge is 2.02. The van der Waals surface area contributed by atoms with Gasteiger partial charge in [0, 0.05) is 13.1 Å². The van der Waals surface area contributed by atoms with Crippen LogP contribution < -0.4 is 5.32 Å². The average Bonchev–Trinajstić information content (AvgIpc) is 2.58. The third-order valence-electron chi connectivity index (χ3n) is 2.25. The summed E-state index contributed by atoms with van der Waals surface area (Å²) in [6.07, 6.45) is 5.49. The minimum absolute atomic E-state index is 0.554. The lowest BCUT2D eigenvalue weighted by Crippen LogP contribution is -2.25. The van der Waals surface area contributed by atoms with E-state index in [1.807, 2.05) is 7.05 Å². The SMILES string of the molecule is CCCCC(C)NCc1ncn(C)n1. The monoisotopic (exact) mass is 196 g/mol.